The van der Waals surface area contributed by atoms with E-state index in [0.29, 0.717) is 26.1 Å². The number of carbonyl (C=O) groups excluding carboxylic acids is 1. The Kier molecular flexibility index (Phi) is 5.41. The molecular formula is C14H25N3O4. The normalized spacial score (nSPS) is 30.4. The minimum absolute atomic E-state index is 0.0100. The molecule has 2 aliphatic heterocycles. The standard InChI is InChI=1S/C14H25N3O4/c1-3-16-6-7-21-11(9-16)8-15-14(20)17-5-4-12(10(17)2)13(18)19/h10-12H,3-9H2,1-2H3,(H,15,20)(H,18,19). The molecule has 0 aliphatic carbocycles. The van der Waals surface area contributed by atoms with E-state index >= 15 is 0 Å². The van der Waals surface area contributed by atoms with Gasteiger partial charge in [0, 0.05) is 32.2 Å². The molecule has 21 heavy (non-hydrogen) atoms. The number of likely N-dealkylation sites (tertiary alicyclic amines) is 1. The van der Waals surface area contributed by atoms with Crippen molar-refractivity contribution in [1.29, 1.82) is 0 Å². The fourth-order valence-corrected chi connectivity index (χ4v) is 3.05. The zero-order valence-corrected chi connectivity index (χ0v) is 12.7. The Morgan fingerprint density at radius 3 is 2.76 bits per heavy atom. The molecule has 2 N–H and O–H groups in total. The first-order valence-corrected chi connectivity index (χ1v) is 7.64. The van der Waals surface area contributed by atoms with E-state index in [1.165, 1.54) is 0 Å². The van der Waals surface area contributed by atoms with Crippen LogP contribution in [0.25, 0.3) is 0 Å². The lowest BCUT2D eigenvalue weighted by molar-refractivity contribution is -0.142. The summed E-state index contributed by atoms with van der Waals surface area (Å²) < 4.78 is 5.64. The molecule has 120 valence electrons. The lowest BCUT2D eigenvalue weighted by atomic mass is 10.0. The summed E-state index contributed by atoms with van der Waals surface area (Å²) in [5.41, 5.74) is 0. The highest BCUT2D eigenvalue weighted by Gasteiger charge is 2.38. The SMILES string of the molecule is CCN1CCOC(CNC(=O)N2CCC(C(=O)O)C2C)C1. The number of morpholine rings is 1. The van der Waals surface area contributed by atoms with Crippen molar-refractivity contribution in [2.24, 2.45) is 5.92 Å². The summed E-state index contributed by atoms with van der Waals surface area (Å²) in [6.45, 7) is 8.30. The Morgan fingerprint density at radius 2 is 2.14 bits per heavy atom. The molecule has 3 atom stereocenters. The van der Waals surface area contributed by atoms with Crippen molar-refractivity contribution in [3.63, 3.8) is 0 Å². The highest BCUT2D eigenvalue weighted by molar-refractivity contribution is 5.78. The highest BCUT2D eigenvalue weighted by Crippen LogP contribution is 2.24. The van der Waals surface area contributed by atoms with Crippen molar-refractivity contribution in [1.82, 2.24) is 15.1 Å². The van der Waals surface area contributed by atoms with Crippen LogP contribution < -0.4 is 5.32 Å². The molecule has 2 amide bonds. The van der Waals surface area contributed by atoms with E-state index in [1.807, 2.05) is 0 Å². The van der Waals surface area contributed by atoms with Crippen molar-refractivity contribution < 1.29 is 19.4 Å². The van der Waals surface area contributed by atoms with Gasteiger partial charge in [0.05, 0.1) is 18.6 Å². The molecule has 2 saturated heterocycles. The summed E-state index contributed by atoms with van der Waals surface area (Å²) in [5, 5.41) is 12.0. The molecule has 0 spiro atoms. The van der Waals surface area contributed by atoms with Crippen LogP contribution in [0, 0.1) is 5.92 Å². The molecule has 0 saturated carbocycles. The predicted molar refractivity (Wildman–Crippen MR) is 77.2 cm³/mol. The highest BCUT2D eigenvalue weighted by atomic mass is 16.5. The molecule has 2 aliphatic rings. The van der Waals surface area contributed by atoms with Gasteiger partial charge in [-0.15, -0.1) is 0 Å². The lowest BCUT2D eigenvalue weighted by Gasteiger charge is -2.32. The minimum Gasteiger partial charge on any atom is -0.481 e. The summed E-state index contributed by atoms with van der Waals surface area (Å²) in [6.07, 6.45) is 0.531. The molecule has 0 bridgehead atoms. The maximum Gasteiger partial charge on any atom is 0.317 e. The number of carboxylic acid groups (broad SMARTS) is 1. The van der Waals surface area contributed by atoms with Gasteiger partial charge in [-0.25, -0.2) is 4.79 Å². The zero-order chi connectivity index (χ0) is 15.4. The second-order valence-corrected chi connectivity index (χ2v) is 5.74. The zero-order valence-electron chi connectivity index (χ0n) is 12.7. The van der Waals surface area contributed by atoms with Crippen molar-refractivity contribution in [2.75, 3.05) is 39.3 Å². The van der Waals surface area contributed by atoms with Crippen LogP contribution in [0.3, 0.4) is 0 Å². The number of urea groups is 1. The molecular weight excluding hydrogens is 274 g/mol. The van der Waals surface area contributed by atoms with E-state index in [9.17, 15) is 9.59 Å². The Morgan fingerprint density at radius 1 is 1.38 bits per heavy atom. The molecule has 0 aromatic heterocycles. The number of nitrogens with one attached hydrogen (secondary N) is 1. The lowest BCUT2D eigenvalue weighted by Crippen LogP contribution is -2.50. The van der Waals surface area contributed by atoms with Gasteiger partial charge < -0.3 is 20.1 Å². The van der Waals surface area contributed by atoms with Gasteiger partial charge in [0.1, 0.15) is 0 Å². The number of aliphatic carboxylic acids is 1. The molecule has 0 radical (unpaired) electrons. The van der Waals surface area contributed by atoms with Crippen molar-refractivity contribution in [3.8, 4) is 0 Å². The number of carboxylic acids is 1. The van der Waals surface area contributed by atoms with Crippen LogP contribution in [0.2, 0.25) is 0 Å². The van der Waals surface area contributed by atoms with Gasteiger partial charge in [0.25, 0.3) is 0 Å². The minimum atomic E-state index is -0.827. The van der Waals surface area contributed by atoms with E-state index in [4.69, 9.17) is 9.84 Å². The van der Waals surface area contributed by atoms with Crippen LogP contribution >= 0.6 is 0 Å². The van der Waals surface area contributed by atoms with Crippen LogP contribution in [-0.2, 0) is 9.53 Å². The summed E-state index contributed by atoms with van der Waals surface area (Å²) in [7, 11) is 0. The number of carbonyl (C=O) groups is 2. The smallest absolute Gasteiger partial charge is 0.317 e. The number of likely N-dealkylation sites (N-methyl/N-ethyl adjacent to an activating group) is 1. The predicted octanol–water partition coefficient (Wildman–Crippen LogP) is 0.212. The fourth-order valence-electron chi connectivity index (χ4n) is 3.05. The van der Waals surface area contributed by atoms with Gasteiger partial charge in [0.15, 0.2) is 0 Å². The third kappa shape index (κ3) is 3.85. The largest absolute Gasteiger partial charge is 0.481 e. The molecule has 7 nitrogen and oxygen atoms in total. The number of hydrogen-bond donors (Lipinski definition) is 2. The Balaban J connectivity index is 1.78. The number of rotatable bonds is 4. The monoisotopic (exact) mass is 299 g/mol. The quantitative estimate of drug-likeness (QED) is 0.775. The van der Waals surface area contributed by atoms with Gasteiger partial charge >= 0.3 is 12.0 Å². The molecule has 7 heteroatoms. The summed E-state index contributed by atoms with van der Waals surface area (Å²) >= 11 is 0. The third-order valence-corrected chi connectivity index (χ3v) is 4.48. The van der Waals surface area contributed by atoms with Crippen molar-refractivity contribution in [2.45, 2.75) is 32.4 Å². The topological polar surface area (TPSA) is 82.1 Å². The van der Waals surface area contributed by atoms with Gasteiger partial charge in [-0.05, 0) is 19.9 Å². The summed E-state index contributed by atoms with van der Waals surface area (Å²) in [6, 6.07) is -0.453. The van der Waals surface area contributed by atoms with Gasteiger partial charge in [0.2, 0.25) is 0 Å². The number of amides is 2. The molecule has 2 fully saturated rings. The molecule has 0 aromatic rings. The maximum atomic E-state index is 12.2. The van der Waals surface area contributed by atoms with Crippen molar-refractivity contribution in [3.05, 3.63) is 0 Å². The average Bonchev–Trinajstić information content (AvgIpc) is 2.87. The second kappa shape index (κ2) is 7.09. The van der Waals surface area contributed by atoms with E-state index in [1.54, 1.807) is 11.8 Å². The Bertz CT molecular complexity index is 390. The number of nitrogens with zero attached hydrogens (tertiary/aromatic N) is 2. The van der Waals surface area contributed by atoms with Crippen LogP contribution in [0.5, 0.6) is 0 Å². The fraction of sp³-hybridized carbons (Fsp3) is 0.857. The summed E-state index contributed by atoms with van der Waals surface area (Å²) in [4.78, 5) is 27.1. The Hall–Kier alpha value is -1.34. The Labute approximate surface area is 125 Å². The molecule has 2 rings (SSSR count). The first-order valence-electron chi connectivity index (χ1n) is 7.64. The van der Waals surface area contributed by atoms with Crippen molar-refractivity contribution >= 4 is 12.0 Å². The van der Waals surface area contributed by atoms with E-state index in [-0.39, 0.29) is 18.2 Å². The average molecular weight is 299 g/mol. The van der Waals surface area contributed by atoms with Gasteiger partial charge in [-0.3, -0.25) is 9.69 Å². The maximum absolute atomic E-state index is 12.2. The van der Waals surface area contributed by atoms with Gasteiger partial charge in [-0.1, -0.05) is 6.92 Å². The van der Waals surface area contributed by atoms with E-state index in [2.05, 4.69) is 17.1 Å². The van der Waals surface area contributed by atoms with E-state index in [0.717, 1.165) is 19.6 Å². The third-order valence-electron chi connectivity index (χ3n) is 4.48. The van der Waals surface area contributed by atoms with E-state index < -0.39 is 11.9 Å². The van der Waals surface area contributed by atoms with Crippen LogP contribution in [-0.4, -0.2) is 78.4 Å². The number of ether oxygens (including phenoxy) is 1. The van der Waals surface area contributed by atoms with Crippen LogP contribution in [0.4, 0.5) is 4.79 Å². The molecule has 2 heterocycles. The molecule has 0 aromatic carbocycles. The first kappa shape index (κ1) is 16.0. The summed E-state index contributed by atoms with van der Waals surface area (Å²) in [5.74, 6) is -1.29. The number of hydrogen-bond acceptors (Lipinski definition) is 4. The van der Waals surface area contributed by atoms with Crippen LogP contribution in [0.1, 0.15) is 20.3 Å². The first-order chi connectivity index (χ1) is 10.0. The van der Waals surface area contributed by atoms with Gasteiger partial charge in [-0.2, -0.15) is 0 Å². The molecule has 3 unspecified atom stereocenters. The van der Waals surface area contributed by atoms with Crippen LogP contribution in [0.15, 0.2) is 0 Å². The second-order valence-electron chi connectivity index (χ2n) is 5.74.